The highest BCUT2D eigenvalue weighted by atomic mass is 16.2. The molecule has 1 unspecified atom stereocenters. The predicted octanol–water partition coefficient (Wildman–Crippen LogP) is 5.12. The zero-order chi connectivity index (χ0) is 18.9. The molecule has 0 radical (unpaired) electrons. The van der Waals surface area contributed by atoms with Crippen molar-refractivity contribution in [3.8, 4) is 0 Å². The number of rotatable bonds is 3. The van der Waals surface area contributed by atoms with Crippen LogP contribution in [0.5, 0.6) is 0 Å². The van der Waals surface area contributed by atoms with E-state index in [4.69, 9.17) is 0 Å². The molecule has 1 aromatic heterocycles. The standard InChI is InChI=1S/C25H28N2O/c28-25(26-16-7-2-8-17-26)21-13-9-15-23-24(21)20-12-5-6-14-22(20)27(23)18-19-10-3-1-4-11-19/h1,3-6,10-12,14,21H,2,7-9,13,15-18H2. The maximum absolute atomic E-state index is 13.4. The molecule has 1 atom stereocenters. The van der Waals surface area contributed by atoms with Crippen LogP contribution in [0.2, 0.25) is 0 Å². The number of aromatic nitrogens is 1. The van der Waals surface area contributed by atoms with Crippen LogP contribution in [0.15, 0.2) is 54.6 Å². The number of amides is 1. The monoisotopic (exact) mass is 372 g/mol. The van der Waals surface area contributed by atoms with Crippen LogP contribution in [-0.2, 0) is 17.8 Å². The van der Waals surface area contributed by atoms with Crippen LogP contribution in [0.1, 0.15) is 54.8 Å². The molecule has 1 amide bonds. The van der Waals surface area contributed by atoms with Crippen LogP contribution in [-0.4, -0.2) is 28.5 Å². The van der Waals surface area contributed by atoms with E-state index in [-0.39, 0.29) is 5.92 Å². The van der Waals surface area contributed by atoms with Gasteiger partial charge in [-0.1, -0.05) is 48.5 Å². The Morgan fingerprint density at radius 2 is 1.64 bits per heavy atom. The Morgan fingerprint density at radius 3 is 2.46 bits per heavy atom. The van der Waals surface area contributed by atoms with Crippen molar-refractivity contribution < 1.29 is 4.79 Å². The molecule has 2 heterocycles. The molecule has 0 N–H and O–H groups in total. The topological polar surface area (TPSA) is 25.2 Å². The van der Waals surface area contributed by atoms with Crippen LogP contribution in [0.25, 0.3) is 10.9 Å². The molecule has 1 aliphatic carbocycles. The van der Waals surface area contributed by atoms with E-state index in [1.165, 1.54) is 34.1 Å². The van der Waals surface area contributed by atoms with Crippen LogP contribution >= 0.6 is 0 Å². The van der Waals surface area contributed by atoms with Gasteiger partial charge in [-0.15, -0.1) is 0 Å². The van der Waals surface area contributed by atoms with Gasteiger partial charge in [-0.25, -0.2) is 0 Å². The second kappa shape index (κ2) is 7.46. The summed E-state index contributed by atoms with van der Waals surface area (Å²) in [4.78, 5) is 15.6. The van der Waals surface area contributed by atoms with E-state index in [9.17, 15) is 4.79 Å². The summed E-state index contributed by atoms with van der Waals surface area (Å²) >= 11 is 0. The molecule has 0 spiro atoms. The minimum absolute atomic E-state index is 0.0313. The van der Waals surface area contributed by atoms with Gasteiger partial charge < -0.3 is 9.47 Å². The van der Waals surface area contributed by atoms with Gasteiger partial charge in [-0.3, -0.25) is 4.79 Å². The molecule has 28 heavy (non-hydrogen) atoms. The number of fused-ring (bicyclic) bond motifs is 3. The summed E-state index contributed by atoms with van der Waals surface area (Å²) in [6, 6.07) is 19.4. The van der Waals surface area contributed by atoms with E-state index in [2.05, 4.69) is 64.1 Å². The van der Waals surface area contributed by atoms with Crippen LogP contribution in [0, 0.1) is 0 Å². The zero-order valence-electron chi connectivity index (χ0n) is 16.4. The Hall–Kier alpha value is -2.55. The van der Waals surface area contributed by atoms with Gasteiger partial charge in [0.05, 0.1) is 5.92 Å². The lowest BCUT2D eigenvalue weighted by Crippen LogP contribution is -2.39. The highest BCUT2D eigenvalue weighted by molar-refractivity contribution is 5.94. The fourth-order valence-electron chi connectivity index (χ4n) is 5.19. The van der Waals surface area contributed by atoms with Crippen LogP contribution < -0.4 is 0 Å². The maximum Gasteiger partial charge on any atom is 0.230 e. The molecule has 0 bridgehead atoms. The Bertz CT molecular complexity index is 982. The summed E-state index contributed by atoms with van der Waals surface area (Å²) in [5.74, 6) is 0.395. The second-order valence-corrected chi connectivity index (χ2v) is 8.28. The van der Waals surface area contributed by atoms with Crippen molar-refractivity contribution in [3.63, 3.8) is 0 Å². The van der Waals surface area contributed by atoms with E-state index in [0.29, 0.717) is 5.91 Å². The molecule has 3 heteroatoms. The molecular formula is C25H28N2O. The molecule has 3 nitrogen and oxygen atoms in total. The van der Waals surface area contributed by atoms with Gasteiger partial charge in [0.2, 0.25) is 5.91 Å². The normalized spacial score (nSPS) is 19.6. The van der Waals surface area contributed by atoms with Crippen LogP contribution in [0.4, 0.5) is 0 Å². The summed E-state index contributed by atoms with van der Waals surface area (Å²) in [7, 11) is 0. The van der Waals surface area contributed by atoms with Gasteiger partial charge in [0.15, 0.2) is 0 Å². The number of likely N-dealkylation sites (tertiary alicyclic amines) is 1. The fraction of sp³-hybridized carbons (Fsp3) is 0.400. The van der Waals surface area contributed by atoms with Gasteiger partial charge in [0.25, 0.3) is 0 Å². The van der Waals surface area contributed by atoms with E-state index < -0.39 is 0 Å². The number of para-hydroxylation sites is 1. The van der Waals surface area contributed by atoms with Crippen molar-refractivity contribution in [2.45, 2.75) is 51.0 Å². The molecule has 1 saturated heterocycles. The molecule has 2 aromatic carbocycles. The highest BCUT2D eigenvalue weighted by Crippen LogP contribution is 2.40. The number of hydrogen-bond acceptors (Lipinski definition) is 1. The number of piperidine rings is 1. The van der Waals surface area contributed by atoms with Gasteiger partial charge >= 0.3 is 0 Å². The summed E-state index contributed by atoms with van der Waals surface area (Å²) in [5.41, 5.74) is 5.28. The van der Waals surface area contributed by atoms with Gasteiger partial charge in [0, 0.05) is 36.2 Å². The first kappa shape index (κ1) is 17.5. The number of nitrogens with zero attached hydrogens (tertiary/aromatic N) is 2. The second-order valence-electron chi connectivity index (χ2n) is 8.28. The van der Waals surface area contributed by atoms with Crippen molar-refractivity contribution >= 4 is 16.8 Å². The molecule has 5 rings (SSSR count). The summed E-state index contributed by atoms with van der Waals surface area (Å²) < 4.78 is 2.47. The van der Waals surface area contributed by atoms with Gasteiger partial charge in [-0.2, -0.15) is 0 Å². The number of carbonyl (C=O) groups excluding carboxylic acids is 1. The quantitative estimate of drug-likeness (QED) is 0.626. The van der Waals surface area contributed by atoms with Gasteiger partial charge in [0.1, 0.15) is 0 Å². The molecule has 1 fully saturated rings. The van der Waals surface area contributed by atoms with E-state index in [0.717, 1.165) is 51.7 Å². The summed E-state index contributed by atoms with van der Waals surface area (Å²) in [5, 5.41) is 1.28. The Balaban J connectivity index is 1.59. The third-order valence-corrected chi connectivity index (χ3v) is 6.53. The lowest BCUT2D eigenvalue weighted by Gasteiger charge is -2.32. The SMILES string of the molecule is O=C(C1CCCc2c1c1ccccc1n2Cc1ccccc1)N1CCCCC1. The zero-order valence-corrected chi connectivity index (χ0v) is 16.4. The smallest absolute Gasteiger partial charge is 0.230 e. The first-order chi connectivity index (χ1) is 13.8. The average molecular weight is 373 g/mol. The first-order valence-corrected chi connectivity index (χ1v) is 10.8. The third kappa shape index (κ3) is 3.03. The summed E-state index contributed by atoms with van der Waals surface area (Å²) in [6.07, 6.45) is 6.73. The Labute approximate surface area is 167 Å². The fourth-order valence-corrected chi connectivity index (χ4v) is 5.19. The maximum atomic E-state index is 13.4. The van der Waals surface area contributed by atoms with E-state index >= 15 is 0 Å². The molecule has 1 aliphatic heterocycles. The molecule has 144 valence electrons. The minimum atomic E-state index is 0.0313. The number of carbonyl (C=O) groups is 1. The number of hydrogen-bond donors (Lipinski definition) is 0. The predicted molar refractivity (Wildman–Crippen MR) is 114 cm³/mol. The molecular weight excluding hydrogens is 344 g/mol. The van der Waals surface area contributed by atoms with Gasteiger partial charge in [-0.05, 0) is 55.7 Å². The lowest BCUT2D eigenvalue weighted by atomic mass is 9.83. The van der Waals surface area contributed by atoms with Crippen molar-refractivity contribution in [2.24, 2.45) is 0 Å². The van der Waals surface area contributed by atoms with E-state index in [1.807, 2.05) is 0 Å². The third-order valence-electron chi connectivity index (χ3n) is 6.53. The van der Waals surface area contributed by atoms with Crippen molar-refractivity contribution in [3.05, 3.63) is 71.4 Å². The average Bonchev–Trinajstić information content (AvgIpc) is 3.09. The Morgan fingerprint density at radius 1 is 0.893 bits per heavy atom. The molecule has 0 saturated carbocycles. The first-order valence-electron chi connectivity index (χ1n) is 10.8. The van der Waals surface area contributed by atoms with Crippen molar-refractivity contribution in [2.75, 3.05) is 13.1 Å². The van der Waals surface area contributed by atoms with Crippen molar-refractivity contribution in [1.29, 1.82) is 0 Å². The van der Waals surface area contributed by atoms with Crippen molar-refractivity contribution in [1.82, 2.24) is 9.47 Å². The lowest BCUT2D eigenvalue weighted by molar-refractivity contribution is -0.134. The molecule has 2 aliphatic rings. The van der Waals surface area contributed by atoms with E-state index in [1.54, 1.807) is 0 Å². The van der Waals surface area contributed by atoms with Crippen LogP contribution in [0.3, 0.4) is 0 Å². The minimum Gasteiger partial charge on any atom is -0.342 e. The largest absolute Gasteiger partial charge is 0.342 e. The highest BCUT2D eigenvalue weighted by Gasteiger charge is 2.34. The number of benzene rings is 2. The Kier molecular flexibility index (Phi) is 4.67. The molecule has 3 aromatic rings. The summed E-state index contributed by atoms with van der Waals surface area (Å²) in [6.45, 7) is 2.75.